The van der Waals surface area contributed by atoms with E-state index in [2.05, 4.69) is 10.6 Å². The number of rotatable bonds is 5. The van der Waals surface area contributed by atoms with Gasteiger partial charge >= 0.3 is 0 Å². The van der Waals surface area contributed by atoms with Gasteiger partial charge in [-0.25, -0.2) is 4.39 Å². The Bertz CT molecular complexity index is 1150. The molecule has 2 N–H and O–H groups in total. The van der Waals surface area contributed by atoms with Crippen LogP contribution in [0.3, 0.4) is 0 Å². The zero-order valence-corrected chi connectivity index (χ0v) is 18.3. The monoisotopic (exact) mass is 436 g/mol. The van der Waals surface area contributed by atoms with Crippen LogP contribution in [0.2, 0.25) is 0 Å². The van der Waals surface area contributed by atoms with Crippen molar-refractivity contribution in [2.75, 3.05) is 19.5 Å². The molecular weight excluding hydrogens is 411 g/mol. The second kappa shape index (κ2) is 8.86. The lowest BCUT2D eigenvalue weighted by molar-refractivity contribution is -0.116. The number of dihydropyridines is 1. The number of allylic oxidation sites excluding steroid dienone is 3. The SMILES string of the molecule is COc1ccc(OC)c([C@@H]2C(C(=O)Nc3ccccc3F)=C(C)NC3=C2C(=O)CCC3)c1. The number of halogens is 1. The summed E-state index contributed by atoms with van der Waals surface area (Å²) in [5.74, 6) is -0.594. The number of hydrogen-bond donors (Lipinski definition) is 2. The van der Waals surface area contributed by atoms with E-state index in [4.69, 9.17) is 9.47 Å². The van der Waals surface area contributed by atoms with Crippen LogP contribution in [0.25, 0.3) is 0 Å². The van der Waals surface area contributed by atoms with Gasteiger partial charge in [-0.2, -0.15) is 0 Å². The molecule has 0 bridgehead atoms. The van der Waals surface area contributed by atoms with Gasteiger partial charge in [0.15, 0.2) is 5.78 Å². The molecule has 1 aliphatic carbocycles. The van der Waals surface area contributed by atoms with Crippen LogP contribution in [0.5, 0.6) is 11.5 Å². The quantitative estimate of drug-likeness (QED) is 0.724. The zero-order chi connectivity index (χ0) is 22.8. The Hall–Kier alpha value is -3.61. The highest BCUT2D eigenvalue weighted by Gasteiger charge is 2.40. The Labute approximate surface area is 186 Å². The van der Waals surface area contributed by atoms with E-state index in [-0.39, 0.29) is 11.5 Å². The molecule has 0 unspecified atom stereocenters. The number of para-hydroxylation sites is 1. The summed E-state index contributed by atoms with van der Waals surface area (Å²) in [7, 11) is 3.09. The number of ketones is 1. The largest absolute Gasteiger partial charge is 0.497 e. The van der Waals surface area contributed by atoms with E-state index < -0.39 is 17.6 Å². The number of benzene rings is 2. The third-order valence-electron chi connectivity index (χ3n) is 5.89. The predicted molar refractivity (Wildman–Crippen MR) is 119 cm³/mol. The molecule has 1 heterocycles. The third-order valence-corrected chi connectivity index (χ3v) is 5.89. The molecule has 32 heavy (non-hydrogen) atoms. The molecular formula is C25H25FN2O4. The first-order chi connectivity index (χ1) is 15.4. The van der Waals surface area contributed by atoms with E-state index in [1.165, 1.54) is 12.1 Å². The van der Waals surface area contributed by atoms with E-state index in [0.717, 1.165) is 12.1 Å². The van der Waals surface area contributed by atoms with E-state index >= 15 is 0 Å². The molecule has 4 rings (SSSR count). The molecule has 1 aliphatic heterocycles. The first kappa shape index (κ1) is 21.6. The van der Waals surface area contributed by atoms with Crippen molar-refractivity contribution in [1.29, 1.82) is 0 Å². The highest BCUT2D eigenvalue weighted by Crippen LogP contribution is 2.46. The van der Waals surface area contributed by atoms with Crippen LogP contribution in [-0.2, 0) is 9.59 Å². The Morgan fingerprint density at radius 3 is 2.62 bits per heavy atom. The molecule has 166 valence electrons. The zero-order valence-electron chi connectivity index (χ0n) is 18.3. The molecule has 2 aliphatic rings. The highest BCUT2D eigenvalue weighted by molar-refractivity contribution is 6.10. The van der Waals surface area contributed by atoms with E-state index in [1.807, 2.05) is 0 Å². The molecule has 2 aromatic carbocycles. The number of anilines is 1. The summed E-state index contributed by atoms with van der Waals surface area (Å²) in [5.41, 5.74) is 3.04. The third kappa shape index (κ3) is 3.86. The Morgan fingerprint density at radius 1 is 1.12 bits per heavy atom. The highest BCUT2D eigenvalue weighted by atomic mass is 19.1. The van der Waals surface area contributed by atoms with Crippen LogP contribution in [-0.4, -0.2) is 25.9 Å². The number of carbonyl (C=O) groups is 2. The van der Waals surface area contributed by atoms with Gasteiger partial charge in [0.25, 0.3) is 5.91 Å². The molecule has 0 aromatic heterocycles. The van der Waals surface area contributed by atoms with Gasteiger partial charge < -0.3 is 20.1 Å². The molecule has 0 spiro atoms. The van der Waals surface area contributed by atoms with Crippen molar-refractivity contribution in [2.45, 2.75) is 32.1 Å². The number of hydrogen-bond acceptors (Lipinski definition) is 5. The minimum absolute atomic E-state index is 0.0164. The Morgan fingerprint density at radius 2 is 1.91 bits per heavy atom. The van der Waals surface area contributed by atoms with Crippen molar-refractivity contribution >= 4 is 17.4 Å². The van der Waals surface area contributed by atoms with E-state index in [1.54, 1.807) is 51.5 Å². The summed E-state index contributed by atoms with van der Waals surface area (Å²) in [4.78, 5) is 26.5. The predicted octanol–water partition coefficient (Wildman–Crippen LogP) is 4.45. The minimum atomic E-state index is -0.670. The van der Waals surface area contributed by atoms with Gasteiger partial charge in [0.2, 0.25) is 0 Å². The lowest BCUT2D eigenvalue weighted by Crippen LogP contribution is -2.35. The number of nitrogens with one attached hydrogen (secondary N) is 2. The van der Waals surface area contributed by atoms with Gasteiger partial charge in [-0.15, -0.1) is 0 Å². The van der Waals surface area contributed by atoms with Gasteiger partial charge in [0, 0.05) is 34.5 Å². The number of amides is 1. The van der Waals surface area contributed by atoms with Crippen molar-refractivity contribution in [1.82, 2.24) is 5.32 Å². The van der Waals surface area contributed by atoms with Crippen molar-refractivity contribution < 1.29 is 23.5 Å². The van der Waals surface area contributed by atoms with Crippen LogP contribution in [0, 0.1) is 5.82 Å². The van der Waals surface area contributed by atoms with Crippen LogP contribution < -0.4 is 20.1 Å². The van der Waals surface area contributed by atoms with Gasteiger partial charge in [-0.1, -0.05) is 12.1 Å². The fourth-order valence-corrected chi connectivity index (χ4v) is 4.41. The van der Waals surface area contributed by atoms with Crippen molar-refractivity contribution in [3.05, 3.63) is 76.4 Å². The first-order valence-corrected chi connectivity index (χ1v) is 10.5. The number of carbonyl (C=O) groups excluding carboxylic acids is 2. The number of methoxy groups -OCH3 is 2. The van der Waals surface area contributed by atoms with Crippen molar-refractivity contribution in [2.24, 2.45) is 0 Å². The van der Waals surface area contributed by atoms with E-state index in [9.17, 15) is 14.0 Å². The van der Waals surface area contributed by atoms with Crippen molar-refractivity contribution in [3.8, 4) is 11.5 Å². The van der Waals surface area contributed by atoms with Crippen molar-refractivity contribution in [3.63, 3.8) is 0 Å². The maximum absolute atomic E-state index is 14.2. The average Bonchev–Trinajstić information content (AvgIpc) is 2.79. The summed E-state index contributed by atoms with van der Waals surface area (Å²) in [6.07, 6.45) is 1.87. The van der Waals surface area contributed by atoms with Gasteiger partial charge in [-0.05, 0) is 50.1 Å². The maximum atomic E-state index is 14.2. The lowest BCUT2D eigenvalue weighted by atomic mass is 9.74. The molecule has 1 amide bonds. The fourth-order valence-electron chi connectivity index (χ4n) is 4.41. The number of ether oxygens (including phenoxy) is 2. The molecule has 1 atom stereocenters. The summed E-state index contributed by atoms with van der Waals surface area (Å²) < 4.78 is 25.2. The topological polar surface area (TPSA) is 76.7 Å². The fraction of sp³-hybridized carbons (Fsp3) is 0.280. The molecule has 0 radical (unpaired) electrons. The molecule has 0 saturated heterocycles. The standard InChI is InChI=1S/C25H25FN2O4/c1-14-22(25(30)28-18-8-5-4-7-17(18)26)23(24-19(27-14)9-6-10-20(24)29)16-13-15(31-2)11-12-21(16)32-3/h4-5,7-8,11-13,23,27H,6,9-10H2,1-3H3,(H,28,30)/t23-/m1/s1. The minimum Gasteiger partial charge on any atom is -0.497 e. The van der Waals surface area contributed by atoms with Crippen LogP contribution in [0.1, 0.15) is 37.7 Å². The molecule has 7 heteroatoms. The van der Waals surface area contributed by atoms with Gasteiger partial charge in [-0.3, -0.25) is 9.59 Å². The molecule has 2 aromatic rings. The van der Waals surface area contributed by atoms with Crippen LogP contribution in [0.15, 0.2) is 65.0 Å². The summed E-state index contributed by atoms with van der Waals surface area (Å²) in [6.45, 7) is 1.79. The van der Waals surface area contributed by atoms with Gasteiger partial charge in [0.05, 0.1) is 25.8 Å². The second-order valence-electron chi connectivity index (χ2n) is 7.81. The van der Waals surface area contributed by atoms with Gasteiger partial charge in [0.1, 0.15) is 17.3 Å². The smallest absolute Gasteiger partial charge is 0.254 e. The van der Waals surface area contributed by atoms with E-state index in [0.29, 0.717) is 46.7 Å². The maximum Gasteiger partial charge on any atom is 0.254 e. The molecule has 0 fully saturated rings. The second-order valence-corrected chi connectivity index (χ2v) is 7.81. The lowest BCUT2D eigenvalue weighted by Gasteiger charge is -2.35. The average molecular weight is 436 g/mol. The van der Waals surface area contributed by atoms with Crippen LogP contribution >= 0.6 is 0 Å². The summed E-state index contributed by atoms with van der Waals surface area (Å²) >= 11 is 0. The Kier molecular flexibility index (Phi) is 5.99. The Balaban J connectivity index is 1.87. The van der Waals surface area contributed by atoms with Crippen LogP contribution in [0.4, 0.5) is 10.1 Å². The summed E-state index contributed by atoms with van der Waals surface area (Å²) in [6, 6.07) is 11.3. The summed E-state index contributed by atoms with van der Waals surface area (Å²) in [5, 5.41) is 5.93. The molecule has 6 nitrogen and oxygen atoms in total. The molecule has 0 saturated carbocycles. The normalized spacial score (nSPS) is 18.1. The number of Topliss-reactive ketones (excluding diaryl/α,β-unsaturated/α-hetero) is 1. The first-order valence-electron chi connectivity index (χ1n) is 10.5.